The average Bonchev–Trinajstić information content (AvgIpc) is 2.94. The van der Waals surface area contributed by atoms with Crippen LogP contribution in [-0.4, -0.2) is 44.0 Å². The summed E-state index contributed by atoms with van der Waals surface area (Å²) >= 11 is 0.432. The van der Waals surface area contributed by atoms with E-state index in [1.807, 2.05) is 0 Å². The smallest absolute Gasteiger partial charge is 0.393 e. The summed E-state index contributed by atoms with van der Waals surface area (Å²) in [6.45, 7) is -0.211. The minimum absolute atomic E-state index is 0.0185. The molecule has 1 aliphatic heterocycles. The molecule has 0 spiro atoms. The lowest BCUT2D eigenvalue weighted by Crippen LogP contribution is -2.37. The molecule has 19 heavy (non-hydrogen) atoms. The van der Waals surface area contributed by atoms with E-state index in [9.17, 15) is 22.5 Å². The normalized spacial score (nSPS) is 26.8. The summed E-state index contributed by atoms with van der Waals surface area (Å²) in [4.78, 5) is -0.799. The molecule has 2 rings (SSSR count). The SMILES string of the molecule is O=S(c1ccc(C(F)(F)F)s1)N1CCC(O)(CO)C1. The van der Waals surface area contributed by atoms with Crippen LogP contribution in [0, 0.1) is 0 Å². The van der Waals surface area contributed by atoms with Crippen LogP contribution in [0.4, 0.5) is 13.2 Å². The highest BCUT2D eigenvalue weighted by Gasteiger charge is 2.39. The molecular weight excluding hydrogens is 303 g/mol. The van der Waals surface area contributed by atoms with Gasteiger partial charge in [0.05, 0.1) is 6.61 Å². The van der Waals surface area contributed by atoms with Gasteiger partial charge in [0.15, 0.2) is 0 Å². The predicted octanol–water partition coefficient (Wildman–Crippen LogP) is 1.22. The third-order valence-electron chi connectivity index (χ3n) is 2.86. The van der Waals surface area contributed by atoms with E-state index in [0.29, 0.717) is 11.3 Å². The summed E-state index contributed by atoms with van der Waals surface area (Å²) in [5.74, 6) is 0. The topological polar surface area (TPSA) is 60.8 Å². The first-order valence-electron chi connectivity index (χ1n) is 5.42. The minimum atomic E-state index is -4.44. The number of aliphatic hydroxyl groups is 2. The summed E-state index contributed by atoms with van der Waals surface area (Å²) in [7, 11) is -1.74. The standard InChI is InChI=1S/C10H12F3NO3S2/c11-10(12,13)7-1-2-8(18-7)19(17)14-4-3-9(16,5-14)6-15/h1-2,15-16H,3-6H2. The van der Waals surface area contributed by atoms with Crippen molar-refractivity contribution < 1.29 is 27.6 Å². The Morgan fingerprint density at radius 2 is 2.16 bits per heavy atom. The van der Waals surface area contributed by atoms with Gasteiger partial charge in [-0.3, -0.25) is 0 Å². The molecule has 0 aromatic carbocycles. The first-order valence-corrected chi connectivity index (χ1v) is 7.35. The Morgan fingerprint density at radius 3 is 2.63 bits per heavy atom. The number of alkyl halides is 3. The first kappa shape index (κ1) is 14.9. The molecule has 2 N–H and O–H groups in total. The van der Waals surface area contributed by atoms with E-state index in [2.05, 4.69) is 0 Å². The summed E-state index contributed by atoms with van der Waals surface area (Å²) in [6.07, 6.45) is -4.20. The Hall–Kier alpha value is -0.480. The molecule has 108 valence electrons. The zero-order chi connectivity index (χ0) is 14.3. The molecule has 0 radical (unpaired) electrons. The second-order valence-electron chi connectivity index (χ2n) is 4.36. The molecule has 1 fully saturated rings. The van der Waals surface area contributed by atoms with Crippen LogP contribution >= 0.6 is 11.3 Å². The van der Waals surface area contributed by atoms with Crippen molar-refractivity contribution in [3.63, 3.8) is 0 Å². The van der Waals surface area contributed by atoms with E-state index in [1.165, 1.54) is 10.4 Å². The Morgan fingerprint density at radius 1 is 1.47 bits per heavy atom. The molecule has 2 heterocycles. The van der Waals surface area contributed by atoms with Crippen LogP contribution in [0.25, 0.3) is 0 Å². The van der Waals surface area contributed by atoms with Crippen molar-refractivity contribution in [1.82, 2.24) is 4.31 Å². The largest absolute Gasteiger partial charge is 0.425 e. The van der Waals surface area contributed by atoms with Crippen molar-refractivity contribution in [3.05, 3.63) is 17.0 Å². The van der Waals surface area contributed by atoms with Crippen LogP contribution in [0.15, 0.2) is 16.3 Å². The Kier molecular flexibility index (Phi) is 4.03. The van der Waals surface area contributed by atoms with Gasteiger partial charge in [-0.25, -0.2) is 8.51 Å². The highest BCUT2D eigenvalue weighted by Crippen LogP contribution is 2.36. The number of aliphatic hydroxyl groups excluding tert-OH is 1. The Labute approximate surface area is 114 Å². The van der Waals surface area contributed by atoms with Crippen LogP contribution in [0.3, 0.4) is 0 Å². The molecule has 4 nitrogen and oxygen atoms in total. The van der Waals surface area contributed by atoms with Crippen molar-refractivity contribution in [2.24, 2.45) is 0 Å². The molecule has 1 aromatic rings. The molecule has 0 bridgehead atoms. The molecule has 0 saturated carbocycles. The molecule has 9 heteroatoms. The summed E-state index contributed by atoms with van der Waals surface area (Å²) < 4.78 is 50.9. The second-order valence-corrected chi connectivity index (χ2v) is 7.16. The number of rotatable bonds is 3. The van der Waals surface area contributed by atoms with E-state index in [-0.39, 0.29) is 23.7 Å². The van der Waals surface area contributed by atoms with Gasteiger partial charge in [-0.15, -0.1) is 11.3 Å². The molecule has 0 amide bonds. The fraction of sp³-hybridized carbons (Fsp3) is 0.600. The number of hydrogen-bond acceptors (Lipinski definition) is 4. The van der Waals surface area contributed by atoms with E-state index in [0.717, 1.165) is 6.07 Å². The van der Waals surface area contributed by atoms with Gasteiger partial charge in [0.1, 0.15) is 25.7 Å². The average molecular weight is 315 g/mol. The molecule has 1 saturated heterocycles. The van der Waals surface area contributed by atoms with Gasteiger partial charge >= 0.3 is 6.18 Å². The first-order chi connectivity index (χ1) is 8.75. The zero-order valence-electron chi connectivity index (χ0n) is 9.68. The van der Waals surface area contributed by atoms with Gasteiger partial charge in [0.25, 0.3) is 0 Å². The monoisotopic (exact) mass is 315 g/mol. The zero-order valence-corrected chi connectivity index (χ0v) is 11.3. The third kappa shape index (κ3) is 3.16. The maximum atomic E-state index is 12.4. The summed E-state index contributed by atoms with van der Waals surface area (Å²) in [6, 6.07) is 2.08. The summed E-state index contributed by atoms with van der Waals surface area (Å²) in [5, 5.41) is 18.8. The molecule has 1 aliphatic rings. The molecule has 1 aromatic heterocycles. The van der Waals surface area contributed by atoms with Gasteiger partial charge in [0, 0.05) is 13.1 Å². The fourth-order valence-corrected chi connectivity index (χ4v) is 4.31. The van der Waals surface area contributed by atoms with Crippen LogP contribution in [-0.2, 0) is 17.2 Å². The van der Waals surface area contributed by atoms with Crippen LogP contribution in [0.1, 0.15) is 11.3 Å². The Bertz CT molecular complexity index is 491. The van der Waals surface area contributed by atoms with E-state index < -0.39 is 34.2 Å². The number of β-amino-alcohol motifs (C(OH)–C–C–N with tert-alkyl or cyclic N) is 1. The minimum Gasteiger partial charge on any atom is -0.393 e. The number of halogens is 3. The van der Waals surface area contributed by atoms with Crippen molar-refractivity contribution in [2.45, 2.75) is 22.4 Å². The van der Waals surface area contributed by atoms with Crippen molar-refractivity contribution in [2.75, 3.05) is 19.7 Å². The quantitative estimate of drug-likeness (QED) is 0.882. The van der Waals surface area contributed by atoms with Crippen LogP contribution in [0.5, 0.6) is 0 Å². The molecule has 2 unspecified atom stereocenters. The number of thiophene rings is 1. The van der Waals surface area contributed by atoms with Gasteiger partial charge in [-0.1, -0.05) is 0 Å². The molecular formula is C10H12F3NO3S2. The highest BCUT2D eigenvalue weighted by atomic mass is 32.2. The predicted molar refractivity (Wildman–Crippen MR) is 64.0 cm³/mol. The van der Waals surface area contributed by atoms with E-state index in [1.54, 1.807) is 0 Å². The van der Waals surface area contributed by atoms with E-state index in [4.69, 9.17) is 5.11 Å². The van der Waals surface area contributed by atoms with Gasteiger partial charge < -0.3 is 10.2 Å². The number of hydrogen-bond donors (Lipinski definition) is 2. The molecule has 2 atom stereocenters. The van der Waals surface area contributed by atoms with Crippen molar-refractivity contribution >= 4 is 22.3 Å². The van der Waals surface area contributed by atoms with Gasteiger partial charge in [-0.2, -0.15) is 13.2 Å². The lowest BCUT2D eigenvalue weighted by Gasteiger charge is -2.19. The maximum absolute atomic E-state index is 12.4. The third-order valence-corrected chi connectivity index (χ3v) is 5.72. The van der Waals surface area contributed by atoms with E-state index >= 15 is 0 Å². The van der Waals surface area contributed by atoms with Crippen LogP contribution in [0.2, 0.25) is 0 Å². The highest BCUT2D eigenvalue weighted by molar-refractivity contribution is 7.85. The van der Waals surface area contributed by atoms with Gasteiger partial charge in [-0.05, 0) is 18.6 Å². The van der Waals surface area contributed by atoms with Crippen LogP contribution < -0.4 is 0 Å². The molecule has 0 aliphatic carbocycles. The Balaban J connectivity index is 2.11. The number of nitrogens with zero attached hydrogens (tertiary/aromatic N) is 1. The van der Waals surface area contributed by atoms with Crippen molar-refractivity contribution in [1.29, 1.82) is 0 Å². The second kappa shape index (κ2) is 5.13. The fourth-order valence-electron chi connectivity index (χ4n) is 1.78. The van der Waals surface area contributed by atoms with Crippen molar-refractivity contribution in [3.8, 4) is 0 Å². The summed E-state index contributed by atoms with van der Waals surface area (Å²) in [5.41, 5.74) is -1.32. The lowest BCUT2D eigenvalue weighted by molar-refractivity contribution is -0.134. The maximum Gasteiger partial charge on any atom is 0.425 e. The van der Waals surface area contributed by atoms with Gasteiger partial charge in [0.2, 0.25) is 0 Å². The lowest BCUT2D eigenvalue weighted by atomic mass is 10.1.